The van der Waals surface area contributed by atoms with Crippen LogP contribution in [0.4, 0.5) is 27.6 Å². The van der Waals surface area contributed by atoms with E-state index in [4.69, 9.17) is 4.42 Å². The van der Waals surface area contributed by atoms with Crippen molar-refractivity contribution in [1.29, 1.82) is 0 Å². The smallest absolute Gasteiger partial charge is 0.441 e. The number of carbonyl (C=O) groups is 1. The fraction of sp³-hybridized carbons (Fsp3) is 0.158. The minimum absolute atomic E-state index is 0.0351. The van der Waals surface area contributed by atoms with Gasteiger partial charge in [0, 0.05) is 24.6 Å². The summed E-state index contributed by atoms with van der Waals surface area (Å²) in [6.07, 6.45) is -3.46. The number of hydrogen-bond donors (Lipinski definition) is 1. The van der Waals surface area contributed by atoms with Crippen molar-refractivity contribution in [2.75, 3.05) is 5.32 Å². The van der Waals surface area contributed by atoms with E-state index < -0.39 is 29.7 Å². The number of benzene rings is 2. The summed E-state index contributed by atoms with van der Waals surface area (Å²) in [4.78, 5) is 15.9. The second-order valence-electron chi connectivity index (χ2n) is 5.86. The van der Waals surface area contributed by atoms with Gasteiger partial charge in [0.05, 0.1) is 11.8 Å². The van der Waals surface area contributed by atoms with Gasteiger partial charge in [-0.25, -0.2) is 13.8 Å². The molecule has 0 radical (unpaired) electrons. The quantitative estimate of drug-likeness (QED) is 0.573. The largest absolute Gasteiger partial charge is 0.573 e. The first kappa shape index (κ1) is 20.3. The highest BCUT2D eigenvalue weighted by Gasteiger charge is 2.30. The van der Waals surface area contributed by atoms with Crippen molar-refractivity contribution in [2.24, 2.45) is 0 Å². The average Bonchev–Trinajstić information content (AvgIpc) is 3.09. The minimum atomic E-state index is -4.80. The molecule has 152 valence electrons. The Bertz CT molecular complexity index is 1000. The van der Waals surface area contributed by atoms with E-state index in [2.05, 4.69) is 15.0 Å². The number of nitrogens with one attached hydrogen (secondary N) is 1. The van der Waals surface area contributed by atoms with Crippen LogP contribution < -0.4 is 10.1 Å². The van der Waals surface area contributed by atoms with Crippen molar-refractivity contribution in [3.8, 4) is 17.1 Å². The number of rotatable bonds is 6. The first-order valence-electron chi connectivity index (χ1n) is 8.25. The number of anilines is 1. The van der Waals surface area contributed by atoms with Gasteiger partial charge >= 0.3 is 6.36 Å². The first-order valence-corrected chi connectivity index (χ1v) is 8.25. The molecule has 1 amide bonds. The molecule has 10 heteroatoms. The molecule has 0 spiro atoms. The van der Waals surface area contributed by atoms with Crippen LogP contribution in [-0.2, 0) is 11.2 Å². The highest BCUT2D eigenvalue weighted by Crippen LogP contribution is 2.25. The molecule has 3 aromatic rings. The van der Waals surface area contributed by atoms with Crippen molar-refractivity contribution in [3.05, 3.63) is 66.2 Å². The van der Waals surface area contributed by atoms with E-state index in [1.54, 1.807) is 0 Å². The van der Waals surface area contributed by atoms with Gasteiger partial charge in [0.2, 0.25) is 5.91 Å². The van der Waals surface area contributed by atoms with E-state index >= 15 is 0 Å². The van der Waals surface area contributed by atoms with Crippen molar-refractivity contribution in [2.45, 2.75) is 19.2 Å². The molecule has 1 heterocycles. The maximum absolute atomic E-state index is 13.8. The number of ether oxygens (including phenoxy) is 1. The highest BCUT2D eigenvalue weighted by atomic mass is 19.4. The summed E-state index contributed by atoms with van der Waals surface area (Å²) < 4.78 is 72.2. The molecule has 1 N–H and O–H groups in total. The van der Waals surface area contributed by atoms with Gasteiger partial charge in [0.15, 0.2) is 11.7 Å². The zero-order chi connectivity index (χ0) is 21.0. The second-order valence-corrected chi connectivity index (χ2v) is 5.86. The number of halogens is 5. The number of alkyl halides is 3. The Morgan fingerprint density at radius 2 is 1.83 bits per heavy atom. The number of hydrogen-bond acceptors (Lipinski definition) is 4. The summed E-state index contributed by atoms with van der Waals surface area (Å²) in [5, 5.41) is 2.51. The predicted octanol–water partition coefficient (Wildman–Crippen LogP) is 5.09. The lowest BCUT2D eigenvalue weighted by Gasteiger charge is -2.09. The Kier molecular flexibility index (Phi) is 5.81. The summed E-state index contributed by atoms with van der Waals surface area (Å²) in [6, 6.07) is 7.68. The number of aromatic nitrogens is 1. The maximum atomic E-state index is 13.8. The fourth-order valence-electron chi connectivity index (χ4n) is 2.42. The summed E-state index contributed by atoms with van der Waals surface area (Å²) in [7, 11) is 0. The van der Waals surface area contributed by atoms with Crippen LogP contribution in [0.15, 0.2) is 53.1 Å². The van der Waals surface area contributed by atoms with Crippen LogP contribution in [-0.4, -0.2) is 17.3 Å². The van der Waals surface area contributed by atoms with Crippen LogP contribution in [0.5, 0.6) is 5.75 Å². The summed E-state index contributed by atoms with van der Waals surface area (Å²) in [5.74, 6) is -2.09. The molecule has 1 aromatic heterocycles. The van der Waals surface area contributed by atoms with Gasteiger partial charge in [-0.2, -0.15) is 0 Å². The van der Waals surface area contributed by atoms with Gasteiger partial charge in [0.1, 0.15) is 17.4 Å². The van der Waals surface area contributed by atoms with E-state index in [1.807, 2.05) is 0 Å². The van der Waals surface area contributed by atoms with E-state index in [1.165, 1.54) is 24.4 Å². The Morgan fingerprint density at radius 1 is 1.10 bits per heavy atom. The van der Waals surface area contributed by atoms with Gasteiger partial charge in [-0.15, -0.1) is 13.2 Å². The maximum Gasteiger partial charge on any atom is 0.573 e. The molecule has 3 rings (SSSR count). The van der Waals surface area contributed by atoms with Crippen molar-refractivity contribution >= 4 is 11.6 Å². The van der Waals surface area contributed by atoms with Crippen LogP contribution in [0.2, 0.25) is 0 Å². The molecule has 2 aromatic carbocycles. The van der Waals surface area contributed by atoms with Crippen LogP contribution in [0.25, 0.3) is 11.3 Å². The van der Waals surface area contributed by atoms with E-state index in [0.29, 0.717) is 0 Å². The number of carbonyl (C=O) groups excluding carboxylic acids is 1. The Labute approximate surface area is 161 Å². The highest BCUT2D eigenvalue weighted by molar-refractivity contribution is 5.90. The molecule has 0 saturated heterocycles. The van der Waals surface area contributed by atoms with Crippen LogP contribution >= 0.6 is 0 Å². The van der Waals surface area contributed by atoms with Crippen molar-refractivity contribution in [3.63, 3.8) is 0 Å². The summed E-state index contributed by atoms with van der Waals surface area (Å²) >= 11 is 0. The summed E-state index contributed by atoms with van der Waals surface area (Å²) in [6.45, 7) is 0. The third kappa shape index (κ3) is 5.77. The molecular weight excluding hydrogens is 399 g/mol. The topological polar surface area (TPSA) is 64.4 Å². The molecule has 0 aliphatic heterocycles. The lowest BCUT2D eigenvalue weighted by Crippen LogP contribution is -2.17. The minimum Gasteiger partial charge on any atom is -0.441 e. The van der Waals surface area contributed by atoms with E-state index in [9.17, 15) is 26.7 Å². The SMILES string of the molecule is O=C(CCc1ncc(-c2ccc(F)cc2F)o1)Nc1ccc(OC(F)(F)F)cc1. The number of aryl methyl sites for hydroxylation is 1. The first-order chi connectivity index (χ1) is 13.7. The molecular formula is C19H13F5N2O3. The van der Waals surface area contributed by atoms with Gasteiger partial charge < -0.3 is 14.5 Å². The van der Waals surface area contributed by atoms with E-state index in [-0.39, 0.29) is 35.7 Å². The van der Waals surface area contributed by atoms with Crippen LogP contribution in [0.3, 0.4) is 0 Å². The van der Waals surface area contributed by atoms with Crippen molar-refractivity contribution < 1.29 is 35.9 Å². The Morgan fingerprint density at radius 3 is 2.48 bits per heavy atom. The third-order valence-electron chi connectivity index (χ3n) is 3.69. The third-order valence-corrected chi connectivity index (χ3v) is 3.69. The molecule has 0 aliphatic rings. The Balaban J connectivity index is 1.54. The van der Waals surface area contributed by atoms with Gasteiger partial charge in [-0.05, 0) is 36.4 Å². The van der Waals surface area contributed by atoms with Crippen LogP contribution in [0, 0.1) is 11.6 Å². The zero-order valence-corrected chi connectivity index (χ0v) is 14.6. The second kappa shape index (κ2) is 8.29. The molecule has 29 heavy (non-hydrogen) atoms. The molecule has 0 unspecified atom stereocenters. The van der Waals surface area contributed by atoms with Gasteiger partial charge in [0.25, 0.3) is 0 Å². The number of oxazole rings is 1. The molecule has 5 nitrogen and oxygen atoms in total. The molecule has 0 aliphatic carbocycles. The molecule has 0 fully saturated rings. The summed E-state index contributed by atoms with van der Waals surface area (Å²) in [5.41, 5.74) is 0.321. The Hall–Kier alpha value is -3.43. The van der Waals surface area contributed by atoms with E-state index in [0.717, 1.165) is 24.3 Å². The predicted molar refractivity (Wildman–Crippen MR) is 91.9 cm³/mol. The lowest BCUT2D eigenvalue weighted by atomic mass is 10.2. The molecule has 0 bridgehead atoms. The zero-order valence-electron chi connectivity index (χ0n) is 14.6. The average molecular weight is 412 g/mol. The number of nitrogens with zero attached hydrogens (tertiary/aromatic N) is 1. The molecule has 0 atom stereocenters. The number of amides is 1. The normalized spacial score (nSPS) is 11.3. The lowest BCUT2D eigenvalue weighted by molar-refractivity contribution is -0.274. The van der Waals surface area contributed by atoms with Crippen LogP contribution in [0.1, 0.15) is 12.3 Å². The van der Waals surface area contributed by atoms with Gasteiger partial charge in [-0.1, -0.05) is 0 Å². The molecule has 0 saturated carbocycles. The standard InChI is InChI=1S/C19H13F5N2O3/c20-11-1-6-14(15(21)9-11)16-10-25-18(28-16)8-7-17(27)26-12-2-4-13(5-3-12)29-19(22,23)24/h1-6,9-10H,7-8H2,(H,26,27). The van der Waals surface area contributed by atoms with Gasteiger partial charge in [-0.3, -0.25) is 4.79 Å². The fourth-order valence-corrected chi connectivity index (χ4v) is 2.42. The van der Waals surface area contributed by atoms with Crippen molar-refractivity contribution in [1.82, 2.24) is 4.98 Å². The monoisotopic (exact) mass is 412 g/mol.